The van der Waals surface area contributed by atoms with E-state index in [0.29, 0.717) is 12.1 Å². The Bertz CT molecular complexity index is 209. The van der Waals surface area contributed by atoms with Crippen LogP contribution in [0, 0.1) is 11.8 Å². The molecular formula is C15H30N2. The van der Waals surface area contributed by atoms with Gasteiger partial charge in [-0.2, -0.15) is 0 Å². The molecule has 0 aromatic carbocycles. The van der Waals surface area contributed by atoms with E-state index in [1.54, 1.807) is 0 Å². The van der Waals surface area contributed by atoms with E-state index in [1.807, 2.05) is 0 Å². The molecule has 0 heterocycles. The average Bonchev–Trinajstić information content (AvgIpc) is 2.37. The van der Waals surface area contributed by atoms with Crippen LogP contribution in [-0.4, -0.2) is 18.6 Å². The first kappa shape index (κ1) is 13.4. The van der Waals surface area contributed by atoms with Gasteiger partial charge < -0.3 is 11.1 Å². The lowest BCUT2D eigenvalue weighted by Crippen LogP contribution is -2.41. The molecule has 3 N–H and O–H groups in total. The van der Waals surface area contributed by atoms with Crippen LogP contribution in [0.2, 0.25) is 0 Å². The molecule has 2 saturated carbocycles. The highest BCUT2D eigenvalue weighted by molar-refractivity contribution is 4.81. The largest absolute Gasteiger partial charge is 0.328 e. The zero-order valence-electron chi connectivity index (χ0n) is 11.5. The summed E-state index contributed by atoms with van der Waals surface area (Å²) in [5.74, 6) is 1.96. The molecule has 2 heteroatoms. The zero-order chi connectivity index (χ0) is 12.1. The van der Waals surface area contributed by atoms with Crippen molar-refractivity contribution >= 4 is 0 Å². The Morgan fingerprint density at radius 3 is 2.35 bits per heavy atom. The van der Waals surface area contributed by atoms with E-state index in [-0.39, 0.29) is 0 Å². The third-order valence-electron chi connectivity index (χ3n) is 4.95. The molecule has 0 amide bonds. The van der Waals surface area contributed by atoms with Gasteiger partial charge >= 0.3 is 0 Å². The molecule has 2 nitrogen and oxygen atoms in total. The van der Waals surface area contributed by atoms with E-state index in [1.165, 1.54) is 64.3 Å². The van der Waals surface area contributed by atoms with Crippen LogP contribution in [0.4, 0.5) is 0 Å². The van der Waals surface area contributed by atoms with Crippen LogP contribution in [0.15, 0.2) is 0 Å². The molecule has 0 saturated heterocycles. The molecule has 0 spiro atoms. The van der Waals surface area contributed by atoms with Gasteiger partial charge in [0.1, 0.15) is 0 Å². The molecular weight excluding hydrogens is 208 g/mol. The molecule has 17 heavy (non-hydrogen) atoms. The molecule has 2 rings (SSSR count). The van der Waals surface area contributed by atoms with E-state index >= 15 is 0 Å². The fourth-order valence-corrected chi connectivity index (χ4v) is 3.59. The Kier molecular flexibility index (Phi) is 5.30. The van der Waals surface area contributed by atoms with Crippen LogP contribution in [-0.2, 0) is 0 Å². The molecule has 0 aromatic rings. The maximum absolute atomic E-state index is 6.03. The summed E-state index contributed by atoms with van der Waals surface area (Å²) >= 11 is 0. The number of hydrogen-bond donors (Lipinski definition) is 2. The molecule has 2 aliphatic rings. The van der Waals surface area contributed by atoms with Crippen molar-refractivity contribution in [1.29, 1.82) is 0 Å². The molecule has 0 aliphatic heterocycles. The molecule has 2 aliphatic carbocycles. The summed E-state index contributed by atoms with van der Waals surface area (Å²) in [4.78, 5) is 0. The maximum Gasteiger partial charge on any atom is 0.00819 e. The van der Waals surface area contributed by atoms with Crippen molar-refractivity contribution in [2.24, 2.45) is 17.6 Å². The number of hydrogen-bond acceptors (Lipinski definition) is 2. The maximum atomic E-state index is 6.03. The topological polar surface area (TPSA) is 38.0 Å². The molecule has 0 aromatic heterocycles. The molecule has 2 atom stereocenters. The van der Waals surface area contributed by atoms with E-state index in [2.05, 4.69) is 12.2 Å². The Balaban J connectivity index is 1.62. The fraction of sp³-hybridized carbons (Fsp3) is 1.00. The number of nitrogens with two attached hydrogens (primary N) is 1. The second-order valence-corrected chi connectivity index (χ2v) is 6.33. The minimum atomic E-state index is 0.456. The van der Waals surface area contributed by atoms with Crippen molar-refractivity contribution in [3.8, 4) is 0 Å². The lowest BCUT2D eigenvalue weighted by Gasteiger charge is -2.32. The van der Waals surface area contributed by atoms with Crippen molar-refractivity contribution in [2.75, 3.05) is 6.54 Å². The Morgan fingerprint density at radius 2 is 1.71 bits per heavy atom. The van der Waals surface area contributed by atoms with Gasteiger partial charge in [-0.25, -0.2) is 0 Å². The first-order valence-electron chi connectivity index (χ1n) is 7.77. The first-order chi connectivity index (χ1) is 8.28. The lowest BCUT2D eigenvalue weighted by atomic mass is 9.80. The predicted octanol–water partition coefficient (Wildman–Crippen LogP) is 3.06. The first-order valence-corrected chi connectivity index (χ1v) is 7.77. The highest BCUT2D eigenvalue weighted by Gasteiger charge is 2.22. The Hall–Kier alpha value is -0.0800. The Labute approximate surface area is 107 Å². The lowest BCUT2D eigenvalue weighted by molar-refractivity contribution is 0.244. The summed E-state index contributed by atoms with van der Waals surface area (Å²) in [5.41, 5.74) is 6.03. The Morgan fingerprint density at radius 1 is 1.00 bits per heavy atom. The monoisotopic (exact) mass is 238 g/mol. The minimum Gasteiger partial charge on any atom is -0.328 e. The van der Waals surface area contributed by atoms with Gasteiger partial charge in [-0.1, -0.05) is 32.6 Å². The molecule has 100 valence electrons. The minimum absolute atomic E-state index is 0.456. The van der Waals surface area contributed by atoms with Gasteiger partial charge in [-0.05, 0) is 50.5 Å². The quantitative estimate of drug-likeness (QED) is 0.790. The zero-order valence-corrected chi connectivity index (χ0v) is 11.5. The highest BCUT2D eigenvalue weighted by Crippen LogP contribution is 2.30. The van der Waals surface area contributed by atoms with Crippen LogP contribution in [0.25, 0.3) is 0 Å². The van der Waals surface area contributed by atoms with E-state index in [9.17, 15) is 0 Å². The van der Waals surface area contributed by atoms with Crippen molar-refractivity contribution < 1.29 is 0 Å². The SMILES string of the molecule is CCC1CCC(CNC2CCCC(N)C2)CC1. The summed E-state index contributed by atoms with van der Waals surface area (Å²) in [5, 5.41) is 3.77. The molecule has 2 unspecified atom stereocenters. The van der Waals surface area contributed by atoms with Gasteiger partial charge in [0.2, 0.25) is 0 Å². The second kappa shape index (κ2) is 6.75. The predicted molar refractivity (Wildman–Crippen MR) is 74.0 cm³/mol. The van der Waals surface area contributed by atoms with Gasteiger partial charge in [-0.3, -0.25) is 0 Å². The van der Waals surface area contributed by atoms with Crippen LogP contribution >= 0.6 is 0 Å². The molecule has 2 fully saturated rings. The average molecular weight is 238 g/mol. The summed E-state index contributed by atoms with van der Waals surface area (Å²) in [6, 6.07) is 1.17. The van der Waals surface area contributed by atoms with Gasteiger partial charge in [-0.15, -0.1) is 0 Å². The normalized spacial score (nSPS) is 39.2. The van der Waals surface area contributed by atoms with E-state index in [0.717, 1.165) is 11.8 Å². The number of rotatable bonds is 4. The van der Waals surface area contributed by atoms with Gasteiger partial charge in [0, 0.05) is 12.1 Å². The van der Waals surface area contributed by atoms with E-state index < -0.39 is 0 Å². The van der Waals surface area contributed by atoms with Gasteiger partial charge in [0.15, 0.2) is 0 Å². The summed E-state index contributed by atoms with van der Waals surface area (Å²) in [6.07, 6.45) is 12.3. The van der Waals surface area contributed by atoms with Crippen LogP contribution < -0.4 is 11.1 Å². The van der Waals surface area contributed by atoms with Crippen LogP contribution in [0.5, 0.6) is 0 Å². The highest BCUT2D eigenvalue weighted by atomic mass is 14.9. The van der Waals surface area contributed by atoms with Crippen molar-refractivity contribution in [2.45, 2.75) is 76.8 Å². The number of nitrogens with one attached hydrogen (secondary N) is 1. The molecule has 0 radical (unpaired) electrons. The standard InChI is InChI=1S/C15H30N2/c1-2-12-6-8-13(9-7-12)11-17-15-5-3-4-14(16)10-15/h12-15,17H,2-11,16H2,1H3. The summed E-state index contributed by atoms with van der Waals surface area (Å²) < 4.78 is 0. The van der Waals surface area contributed by atoms with Crippen LogP contribution in [0.3, 0.4) is 0 Å². The van der Waals surface area contributed by atoms with Crippen molar-refractivity contribution in [1.82, 2.24) is 5.32 Å². The summed E-state index contributed by atoms with van der Waals surface area (Å²) in [7, 11) is 0. The fourth-order valence-electron chi connectivity index (χ4n) is 3.59. The smallest absolute Gasteiger partial charge is 0.00819 e. The molecule has 0 bridgehead atoms. The van der Waals surface area contributed by atoms with Crippen molar-refractivity contribution in [3.05, 3.63) is 0 Å². The third-order valence-corrected chi connectivity index (χ3v) is 4.95. The van der Waals surface area contributed by atoms with E-state index in [4.69, 9.17) is 5.73 Å². The van der Waals surface area contributed by atoms with Gasteiger partial charge in [0.05, 0.1) is 0 Å². The van der Waals surface area contributed by atoms with Crippen LogP contribution in [0.1, 0.15) is 64.7 Å². The van der Waals surface area contributed by atoms with Gasteiger partial charge in [0.25, 0.3) is 0 Å². The third kappa shape index (κ3) is 4.26. The summed E-state index contributed by atoms with van der Waals surface area (Å²) in [6.45, 7) is 3.58. The second-order valence-electron chi connectivity index (χ2n) is 6.33. The van der Waals surface area contributed by atoms with Crippen molar-refractivity contribution in [3.63, 3.8) is 0 Å².